The Labute approximate surface area is 355 Å². The predicted octanol–water partition coefficient (Wildman–Crippen LogP) is -0.301. The number of ether oxygens (including phenoxy) is 21. The van der Waals surface area contributed by atoms with Gasteiger partial charge in [-0.1, -0.05) is 0 Å². The summed E-state index contributed by atoms with van der Waals surface area (Å²) in [6.45, 7) is 0.534. The van der Waals surface area contributed by atoms with Gasteiger partial charge in [-0.3, -0.25) is 0 Å². The van der Waals surface area contributed by atoms with Gasteiger partial charge >= 0.3 is 0 Å². The van der Waals surface area contributed by atoms with Gasteiger partial charge in [-0.25, -0.2) is 0 Å². The van der Waals surface area contributed by atoms with Gasteiger partial charge in [0, 0.05) is 107 Å². The maximum atomic E-state index is 6.81. The van der Waals surface area contributed by atoms with Crippen molar-refractivity contribution in [2.24, 2.45) is 0 Å². The zero-order valence-electron chi connectivity index (χ0n) is 38.1. The normalized spacial score (nSPS) is 37.1. The highest BCUT2D eigenvalue weighted by Gasteiger charge is 2.55. The van der Waals surface area contributed by atoms with E-state index in [1.807, 2.05) is 0 Å². The van der Waals surface area contributed by atoms with Gasteiger partial charge in [0.05, 0.1) is 33.0 Å². The van der Waals surface area contributed by atoms with E-state index in [-0.39, 0.29) is 33.0 Å². The molecular formula is C39H74O21. The minimum atomic E-state index is -1.03. The van der Waals surface area contributed by atoms with Crippen molar-refractivity contribution in [2.45, 2.75) is 117 Å². The molecule has 0 aromatic carbocycles. The van der Waals surface area contributed by atoms with Crippen molar-refractivity contribution in [2.75, 3.05) is 140 Å². The molecule has 3 rings (SSSR count). The van der Waals surface area contributed by atoms with Crippen LogP contribution in [0.2, 0.25) is 0 Å². The van der Waals surface area contributed by atoms with Crippen molar-refractivity contribution in [3.8, 4) is 0 Å². The van der Waals surface area contributed by atoms with Crippen molar-refractivity contribution in [1.82, 2.24) is 0 Å². The Kier molecular flexibility index (Phi) is 25.1. The fourth-order valence-corrected chi connectivity index (χ4v) is 8.30. The molecule has 3 fully saturated rings. The quantitative estimate of drug-likeness (QED) is 0.0950. The Balaban J connectivity index is 1.96. The summed E-state index contributed by atoms with van der Waals surface area (Å²) in [7, 11) is 23.3. The molecule has 0 bridgehead atoms. The topological polar surface area (TPSA) is 194 Å². The molecule has 0 radical (unpaired) electrons. The molecule has 356 valence electrons. The molecule has 21 heteroatoms. The Hall–Kier alpha value is -0.840. The minimum Gasteiger partial charge on any atom is -0.382 e. The standard InChI is InChI=1S/C39H74O21/c1-40-16-21(44-5)26(46-7)29(59-38-35(53-14)31(49-10)27(47-8)23(57-38)17-41-2)22(45-6)20-55-37-34(52-13)33(51-12)30(25(56-37)19-43-4)60-39-36(54-15)32(50-11)28(48-9)24(58-39)18-42-3/h21-39H,16-20H2,1-15H3/t21-,22+,23+,24+,25+,26+,27+,28+,29+,30+,31-,32-,33-,34+,35+,36+,37+,38-,39-/m0/s1. The van der Waals surface area contributed by atoms with Crippen molar-refractivity contribution >= 4 is 0 Å². The monoisotopic (exact) mass is 878 g/mol. The molecule has 0 aromatic heterocycles. The van der Waals surface area contributed by atoms with Gasteiger partial charge in [-0.2, -0.15) is 0 Å². The minimum absolute atomic E-state index is 0.0853. The second-order valence-corrected chi connectivity index (χ2v) is 14.3. The van der Waals surface area contributed by atoms with Crippen LogP contribution in [0.25, 0.3) is 0 Å². The van der Waals surface area contributed by atoms with Crippen LogP contribution >= 0.6 is 0 Å². The summed E-state index contributed by atoms with van der Waals surface area (Å²) in [5.74, 6) is 0. The van der Waals surface area contributed by atoms with E-state index in [2.05, 4.69) is 0 Å². The third kappa shape index (κ3) is 12.9. The van der Waals surface area contributed by atoms with Crippen LogP contribution in [-0.2, 0) is 99.5 Å². The second-order valence-electron chi connectivity index (χ2n) is 14.3. The fraction of sp³-hybridized carbons (Fsp3) is 1.00. The van der Waals surface area contributed by atoms with Gasteiger partial charge in [0.15, 0.2) is 18.9 Å². The molecule has 19 atom stereocenters. The Morgan fingerprint density at radius 1 is 0.350 bits per heavy atom. The van der Waals surface area contributed by atoms with E-state index in [1.165, 1.54) is 28.4 Å². The highest BCUT2D eigenvalue weighted by molar-refractivity contribution is 4.98. The molecule has 3 saturated heterocycles. The van der Waals surface area contributed by atoms with Crippen LogP contribution in [0.15, 0.2) is 0 Å². The summed E-state index contributed by atoms with van der Waals surface area (Å²) < 4.78 is 127. The molecule has 3 aliphatic rings. The van der Waals surface area contributed by atoms with Crippen molar-refractivity contribution < 1.29 is 99.5 Å². The predicted molar refractivity (Wildman–Crippen MR) is 208 cm³/mol. The number of methoxy groups -OCH3 is 15. The molecule has 3 heterocycles. The van der Waals surface area contributed by atoms with E-state index in [1.54, 1.807) is 78.2 Å². The van der Waals surface area contributed by atoms with Crippen LogP contribution in [0.3, 0.4) is 0 Å². The van der Waals surface area contributed by atoms with Gasteiger partial charge < -0.3 is 99.5 Å². The first kappa shape index (κ1) is 53.5. The third-order valence-corrected chi connectivity index (χ3v) is 11.2. The van der Waals surface area contributed by atoms with E-state index in [0.29, 0.717) is 0 Å². The highest BCUT2D eigenvalue weighted by Crippen LogP contribution is 2.35. The van der Waals surface area contributed by atoms with E-state index in [4.69, 9.17) is 99.5 Å². The second kappa shape index (κ2) is 28.2. The molecule has 60 heavy (non-hydrogen) atoms. The first-order valence-electron chi connectivity index (χ1n) is 19.8. The van der Waals surface area contributed by atoms with E-state index in [9.17, 15) is 0 Å². The highest BCUT2D eigenvalue weighted by atomic mass is 16.8. The summed E-state index contributed by atoms with van der Waals surface area (Å²) >= 11 is 0. The molecule has 0 amide bonds. The van der Waals surface area contributed by atoms with Crippen LogP contribution in [0.4, 0.5) is 0 Å². The fourth-order valence-electron chi connectivity index (χ4n) is 8.30. The summed E-state index contributed by atoms with van der Waals surface area (Å²) in [5.41, 5.74) is 0. The van der Waals surface area contributed by atoms with Crippen molar-refractivity contribution in [3.05, 3.63) is 0 Å². The maximum Gasteiger partial charge on any atom is 0.187 e. The summed E-state index contributed by atoms with van der Waals surface area (Å²) in [6.07, 6.45) is -14.2. The average Bonchev–Trinajstić information content (AvgIpc) is 3.26. The van der Waals surface area contributed by atoms with E-state index in [0.717, 1.165) is 0 Å². The Bertz CT molecular complexity index is 1110. The van der Waals surface area contributed by atoms with Gasteiger partial charge in [0.2, 0.25) is 0 Å². The van der Waals surface area contributed by atoms with E-state index < -0.39 is 117 Å². The Morgan fingerprint density at radius 2 is 0.733 bits per heavy atom. The number of hydrogen-bond acceptors (Lipinski definition) is 21. The maximum absolute atomic E-state index is 6.81. The molecule has 0 aliphatic carbocycles. The third-order valence-electron chi connectivity index (χ3n) is 11.2. The Morgan fingerprint density at radius 3 is 1.15 bits per heavy atom. The molecule has 0 aromatic rings. The molecule has 3 aliphatic heterocycles. The molecule has 0 spiro atoms. The largest absolute Gasteiger partial charge is 0.382 e. The van der Waals surface area contributed by atoms with Crippen LogP contribution in [0.5, 0.6) is 0 Å². The average molecular weight is 879 g/mol. The zero-order valence-corrected chi connectivity index (χ0v) is 38.1. The molecule has 21 nitrogen and oxygen atoms in total. The molecular weight excluding hydrogens is 804 g/mol. The van der Waals surface area contributed by atoms with Gasteiger partial charge in [0.1, 0.15) is 97.7 Å². The van der Waals surface area contributed by atoms with Gasteiger partial charge in [-0.15, -0.1) is 0 Å². The van der Waals surface area contributed by atoms with Crippen LogP contribution in [0.1, 0.15) is 0 Å². The molecule has 0 saturated carbocycles. The molecule has 0 unspecified atom stereocenters. The van der Waals surface area contributed by atoms with Crippen LogP contribution in [0, 0.1) is 0 Å². The number of rotatable bonds is 29. The lowest BCUT2D eigenvalue weighted by molar-refractivity contribution is -0.370. The SMILES string of the molecule is COC[C@H](OC)[C@@H](OC)[C@H](O[C@@H]1O[C@H](COC)[C@@H](OC)[C@H](OC)[C@H]1OC)[C@@H](CO[C@@H]1O[C@H](COC)[C@@H](O[C@@H]2O[C@H](COC)[C@@H](OC)[C@H](OC)[C@H]2OC)[C@H](OC)[C@H]1OC)OC. The van der Waals surface area contributed by atoms with Gasteiger partial charge in [0.25, 0.3) is 0 Å². The van der Waals surface area contributed by atoms with E-state index >= 15 is 0 Å². The summed E-state index contributed by atoms with van der Waals surface area (Å²) in [4.78, 5) is 0. The van der Waals surface area contributed by atoms with Gasteiger partial charge in [-0.05, 0) is 0 Å². The zero-order chi connectivity index (χ0) is 44.4. The lowest BCUT2D eigenvalue weighted by Gasteiger charge is -2.49. The van der Waals surface area contributed by atoms with Crippen molar-refractivity contribution in [3.63, 3.8) is 0 Å². The van der Waals surface area contributed by atoms with Crippen LogP contribution in [-0.4, -0.2) is 256 Å². The first-order valence-corrected chi connectivity index (χ1v) is 19.8. The van der Waals surface area contributed by atoms with Crippen molar-refractivity contribution in [1.29, 1.82) is 0 Å². The molecule has 0 N–H and O–H groups in total. The summed E-state index contributed by atoms with van der Waals surface area (Å²) in [5, 5.41) is 0. The first-order chi connectivity index (χ1) is 29.1. The lowest BCUT2D eigenvalue weighted by atomic mass is 9.96. The van der Waals surface area contributed by atoms with Crippen LogP contribution < -0.4 is 0 Å². The lowest BCUT2D eigenvalue weighted by Crippen LogP contribution is -2.66. The number of hydrogen-bond donors (Lipinski definition) is 0. The summed E-state index contributed by atoms with van der Waals surface area (Å²) in [6, 6.07) is 0. The smallest absolute Gasteiger partial charge is 0.187 e.